The van der Waals surface area contributed by atoms with Crippen LogP contribution in [0.15, 0.2) is 55.1 Å². The van der Waals surface area contributed by atoms with E-state index in [0.29, 0.717) is 12.1 Å². The maximum atomic E-state index is 13.0. The molecular formula is C24H26N6O2. The minimum Gasteiger partial charge on any atom is -0.391 e. The van der Waals surface area contributed by atoms with Crippen LogP contribution in [0.2, 0.25) is 0 Å². The van der Waals surface area contributed by atoms with Crippen molar-refractivity contribution in [2.45, 2.75) is 44.2 Å². The fourth-order valence-electron chi connectivity index (χ4n) is 4.41. The van der Waals surface area contributed by atoms with E-state index >= 15 is 0 Å². The number of carbonyl (C=O) groups excluding carboxylic acids is 1. The van der Waals surface area contributed by atoms with Gasteiger partial charge in [-0.15, -0.1) is 0 Å². The van der Waals surface area contributed by atoms with Crippen molar-refractivity contribution in [2.24, 2.45) is 7.05 Å². The molecule has 1 fully saturated rings. The van der Waals surface area contributed by atoms with E-state index in [1.54, 1.807) is 21.6 Å². The van der Waals surface area contributed by atoms with Gasteiger partial charge >= 0.3 is 0 Å². The van der Waals surface area contributed by atoms with Gasteiger partial charge in [-0.05, 0) is 48.2 Å². The SMILES string of the molecule is Cn1cc(-c2ccc(Cc3cc(C(=O)N[C@H]4CCCC[C@@H]4O)n4ncccc34)cn2)cn1. The quantitative estimate of drug-likeness (QED) is 0.507. The molecule has 4 aromatic rings. The molecule has 164 valence electrons. The molecule has 0 aromatic carbocycles. The molecule has 0 radical (unpaired) electrons. The van der Waals surface area contributed by atoms with Crippen LogP contribution in [0, 0.1) is 0 Å². The fraction of sp³-hybridized carbons (Fsp3) is 0.333. The molecule has 2 atom stereocenters. The predicted molar refractivity (Wildman–Crippen MR) is 120 cm³/mol. The van der Waals surface area contributed by atoms with Crippen LogP contribution in [0.5, 0.6) is 0 Å². The first-order chi connectivity index (χ1) is 15.6. The molecule has 2 N–H and O–H groups in total. The summed E-state index contributed by atoms with van der Waals surface area (Å²) in [5.41, 5.74) is 5.26. The van der Waals surface area contributed by atoms with E-state index in [0.717, 1.165) is 53.6 Å². The van der Waals surface area contributed by atoms with Crippen molar-refractivity contribution in [3.05, 3.63) is 71.9 Å². The largest absolute Gasteiger partial charge is 0.391 e. The number of rotatable bonds is 5. The highest BCUT2D eigenvalue weighted by Crippen LogP contribution is 2.23. The van der Waals surface area contributed by atoms with Gasteiger partial charge in [-0.2, -0.15) is 10.2 Å². The van der Waals surface area contributed by atoms with Gasteiger partial charge in [0.15, 0.2) is 0 Å². The van der Waals surface area contributed by atoms with E-state index in [-0.39, 0.29) is 11.9 Å². The Labute approximate surface area is 185 Å². The highest BCUT2D eigenvalue weighted by Gasteiger charge is 2.26. The van der Waals surface area contributed by atoms with Gasteiger partial charge in [0.2, 0.25) is 0 Å². The van der Waals surface area contributed by atoms with Crippen molar-refractivity contribution in [1.82, 2.24) is 29.7 Å². The highest BCUT2D eigenvalue weighted by molar-refractivity contribution is 5.94. The number of nitrogens with one attached hydrogen (secondary N) is 1. The van der Waals surface area contributed by atoms with Crippen molar-refractivity contribution < 1.29 is 9.90 Å². The third-order valence-corrected chi connectivity index (χ3v) is 6.12. The Kier molecular flexibility index (Phi) is 5.45. The van der Waals surface area contributed by atoms with Gasteiger partial charge in [0.25, 0.3) is 5.91 Å². The summed E-state index contributed by atoms with van der Waals surface area (Å²) in [5, 5.41) is 21.8. The molecular weight excluding hydrogens is 404 g/mol. The molecule has 0 bridgehead atoms. The lowest BCUT2D eigenvalue weighted by Gasteiger charge is -2.28. The van der Waals surface area contributed by atoms with Gasteiger partial charge in [0.05, 0.1) is 29.6 Å². The lowest BCUT2D eigenvalue weighted by Crippen LogP contribution is -2.45. The number of amides is 1. The Morgan fingerprint density at radius 3 is 2.81 bits per heavy atom. The van der Waals surface area contributed by atoms with Gasteiger partial charge in [0.1, 0.15) is 5.69 Å². The molecule has 1 aliphatic rings. The summed E-state index contributed by atoms with van der Waals surface area (Å²) >= 11 is 0. The molecule has 4 heterocycles. The molecule has 1 aliphatic carbocycles. The second-order valence-electron chi connectivity index (χ2n) is 8.44. The number of hydrogen-bond acceptors (Lipinski definition) is 5. The molecule has 1 amide bonds. The van der Waals surface area contributed by atoms with Crippen LogP contribution in [0.1, 0.15) is 47.3 Å². The van der Waals surface area contributed by atoms with E-state index < -0.39 is 6.10 Å². The van der Waals surface area contributed by atoms with E-state index in [4.69, 9.17) is 0 Å². The highest BCUT2D eigenvalue weighted by atomic mass is 16.3. The number of carbonyl (C=O) groups is 1. The zero-order chi connectivity index (χ0) is 22.1. The van der Waals surface area contributed by atoms with Crippen LogP contribution in [0.3, 0.4) is 0 Å². The van der Waals surface area contributed by atoms with E-state index in [1.807, 2.05) is 49.8 Å². The first-order valence-electron chi connectivity index (χ1n) is 11.0. The number of fused-ring (bicyclic) bond motifs is 1. The van der Waals surface area contributed by atoms with E-state index in [2.05, 4.69) is 20.5 Å². The first-order valence-corrected chi connectivity index (χ1v) is 11.0. The summed E-state index contributed by atoms with van der Waals surface area (Å²) in [7, 11) is 1.88. The van der Waals surface area contributed by atoms with Crippen LogP contribution >= 0.6 is 0 Å². The Balaban J connectivity index is 1.39. The van der Waals surface area contributed by atoms with Crippen molar-refractivity contribution >= 4 is 11.4 Å². The number of aryl methyl sites for hydroxylation is 1. The maximum absolute atomic E-state index is 13.0. The average Bonchev–Trinajstić information content (AvgIpc) is 3.40. The summed E-state index contributed by atoms with van der Waals surface area (Å²) in [6.45, 7) is 0. The second kappa shape index (κ2) is 8.55. The number of aliphatic hydroxyl groups is 1. The monoisotopic (exact) mass is 430 g/mol. The zero-order valence-corrected chi connectivity index (χ0v) is 18.0. The van der Waals surface area contributed by atoms with Gasteiger partial charge in [0, 0.05) is 37.6 Å². The molecule has 8 nitrogen and oxygen atoms in total. The summed E-state index contributed by atoms with van der Waals surface area (Å²) < 4.78 is 3.43. The molecule has 5 rings (SSSR count). The standard InChI is InChI=1S/C24H26N6O2/c1-29-15-18(14-27-29)19-9-8-16(13-25-19)11-17-12-22(30-21(17)6-4-10-26-30)24(32)28-20-5-2-3-7-23(20)31/h4,6,8-10,12-15,20,23,31H,2-3,5,7,11H2,1H3,(H,28,32)/t20-,23-/m0/s1. The lowest BCUT2D eigenvalue weighted by atomic mass is 9.92. The summed E-state index contributed by atoms with van der Waals surface area (Å²) in [5.74, 6) is -0.207. The number of nitrogens with zero attached hydrogens (tertiary/aromatic N) is 5. The number of aromatic nitrogens is 5. The molecule has 0 aliphatic heterocycles. The molecule has 4 aromatic heterocycles. The van der Waals surface area contributed by atoms with Crippen LogP contribution in [-0.2, 0) is 13.5 Å². The third-order valence-electron chi connectivity index (χ3n) is 6.12. The molecule has 8 heteroatoms. The van der Waals surface area contributed by atoms with Crippen LogP contribution < -0.4 is 5.32 Å². The van der Waals surface area contributed by atoms with Crippen LogP contribution in [0.4, 0.5) is 0 Å². The minimum absolute atomic E-state index is 0.207. The Morgan fingerprint density at radius 1 is 1.19 bits per heavy atom. The van der Waals surface area contributed by atoms with Gasteiger partial charge < -0.3 is 10.4 Å². The van der Waals surface area contributed by atoms with Crippen LogP contribution in [-0.4, -0.2) is 47.5 Å². The van der Waals surface area contributed by atoms with Crippen LogP contribution in [0.25, 0.3) is 16.8 Å². The van der Waals surface area contributed by atoms with E-state index in [1.165, 1.54) is 0 Å². The first kappa shape index (κ1) is 20.4. The second-order valence-corrected chi connectivity index (χ2v) is 8.44. The molecule has 0 spiro atoms. The Morgan fingerprint density at radius 2 is 2.06 bits per heavy atom. The van der Waals surface area contributed by atoms with Crippen molar-refractivity contribution in [3.8, 4) is 11.3 Å². The molecule has 32 heavy (non-hydrogen) atoms. The minimum atomic E-state index is -0.490. The Bertz CT molecular complexity index is 1240. The summed E-state index contributed by atoms with van der Waals surface area (Å²) in [6, 6.07) is 9.55. The molecule has 0 unspecified atom stereocenters. The van der Waals surface area contributed by atoms with Gasteiger partial charge in [-0.25, -0.2) is 4.52 Å². The molecule has 0 saturated heterocycles. The lowest BCUT2D eigenvalue weighted by molar-refractivity contribution is 0.0712. The van der Waals surface area contributed by atoms with Crippen molar-refractivity contribution in [1.29, 1.82) is 0 Å². The molecule has 1 saturated carbocycles. The summed E-state index contributed by atoms with van der Waals surface area (Å²) in [4.78, 5) is 17.6. The van der Waals surface area contributed by atoms with Crippen molar-refractivity contribution in [2.75, 3.05) is 0 Å². The average molecular weight is 431 g/mol. The fourth-order valence-corrected chi connectivity index (χ4v) is 4.41. The normalized spacial score (nSPS) is 18.7. The van der Waals surface area contributed by atoms with Gasteiger partial charge in [-0.3, -0.25) is 14.5 Å². The van der Waals surface area contributed by atoms with E-state index in [9.17, 15) is 9.90 Å². The zero-order valence-electron chi connectivity index (χ0n) is 18.0. The topological polar surface area (TPSA) is 97.3 Å². The van der Waals surface area contributed by atoms with Crippen molar-refractivity contribution in [3.63, 3.8) is 0 Å². The smallest absolute Gasteiger partial charge is 0.270 e. The number of pyridine rings is 1. The maximum Gasteiger partial charge on any atom is 0.270 e. The Hall–Kier alpha value is -3.52. The number of aliphatic hydroxyl groups excluding tert-OH is 1. The predicted octanol–water partition coefficient (Wildman–Crippen LogP) is 2.75. The summed E-state index contributed by atoms with van der Waals surface area (Å²) in [6.07, 6.45) is 10.9. The van der Waals surface area contributed by atoms with Gasteiger partial charge in [-0.1, -0.05) is 18.9 Å². The number of hydrogen-bond donors (Lipinski definition) is 2. The third kappa shape index (κ3) is 4.01.